The van der Waals surface area contributed by atoms with Gasteiger partial charge >= 0.3 is 0 Å². The standard InChI is InChI=1S/C14H16N6O2S/c1-9-15-13(18-17-9)11-8-19(2-4-22-11)12(21)6-10-7-20-3-5-23-14(20)16-10/h3,5,7,11H,2,4,6,8H2,1H3,(H,15,17,18)/t11-/m0/s1. The fraction of sp³-hybridized carbons (Fsp3) is 0.429. The lowest BCUT2D eigenvalue weighted by atomic mass is 10.2. The minimum Gasteiger partial charge on any atom is -0.366 e. The van der Waals surface area contributed by atoms with E-state index in [1.54, 1.807) is 16.2 Å². The summed E-state index contributed by atoms with van der Waals surface area (Å²) in [5.74, 6) is 1.39. The van der Waals surface area contributed by atoms with E-state index in [9.17, 15) is 4.79 Å². The quantitative estimate of drug-likeness (QED) is 0.772. The van der Waals surface area contributed by atoms with E-state index < -0.39 is 0 Å². The van der Waals surface area contributed by atoms with Crippen LogP contribution < -0.4 is 0 Å². The van der Waals surface area contributed by atoms with E-state index in [-0.39, 0.29) is 12.0 Å². The molecule has 1 aliphatic rings. The van der Waals surface area contributed by atoms with Gasteiger partial charge < -0.3 is 9.64 Å². The first-order valence-corrected chi connectivity index (χ1v) is 8.26. The van der Waals surface area contributed by atoms with Gasteiger partial charge in [0.15, 0.2) is 10.8 Å². The topological polar surface area (TPSA) is 88.4 Å². The Balaban J connectivity index is 1.44. The highest BCUT2D eigenvalue weighted by molar-refractivity contribution is 7.15. The van der Waals surface area contributed by atoms with Crippen LogP contribution in [-0.2, 0) is 16.0 Å². The molecule has 1 fully saturated rings. The first-order chi connectivity index (χ1) is 11.2. The van der Waals surface area contributed by atoms with Gasteiger partial charge in [0.2, 0.25) is 5.91 Å². The summed E-state index contributed by atoms with van der Waals surface area (Å²) >= 11 is 1.56. The van der Waals surface area contributed by atoms with Crippen LogP contribution in [-0.4, -0.2) is 55.1 Å². The molecule has 0 saturated carbocycles. The van der Waals surface area contributed by atoms with Crippen LogP contribution >= 0.6 is 11.3 Å². The van der Waals surface area contributed by atoms with Crippen LogP contribution in [0.25, 0.3) is 4.96 Å². The molecule has 120 valence electrons. The van der Waals surface area contributed by atoms with E-state index in [1.165, 1.54) is 0 Å². The van der Waals surface area contributed by atoms with Crippen molar-refractivity contribution in [1.82, 2.24) is 29.5 Å². The number of morpholine rings is 1. The van der Waals surface area contributed by atoms with Crippen molar-refractivity contribution in [3.8, 4) is 0 Å². The zero-order valence-electron chi connectivity index (χ0n) is 12.6. The van der Waals surface area contributed by atoms with Gasteiger partial charge in [-0.2, -0.15) is 5.10 Å². The van der Waals surface area contributed by atoms with Crippen molar-refractivity contribution in [3.05, 3.63) is 35.1 Å². The molecule has 1 atom stereocenters. The summed E-state index contributed by atoms with van der Waals surface area (Å²) in [5, 5.41) is 8.90. The molecule has 0 unspecified atom stereocenters. The number of aromatic nitrogens is 5. The van der Waals surface area contributed by atoms with Gasteiger partial charge in [0.25, 0.3) is 0 Å². The van der Waals surface area contributed by atoms with Crippen molar-refractivity contribution >= 4 is 22.2 Å². The average Bonchev–Trinajstić information content (AvgIpc) is 3.23. The smallest absolute Gasteiger partial charge is 0.228 e. The van der Waals surface area contributed by atoms with E-state index in [0.29, 0.717) is 31.9 Å². The van der Waals surface area contributed by atoms with Crippen molar-refractivity contribution in [3.63, 3.8) is 0 Å². The largest absolute Gasteiger partial charge is 0.366 e. The van der Waals surface area contributed by atoms with E-state index in [1.807, 2.05) is 29.1 Å². The molecule has 1 aliphatic heterocycles. The number of amides is 1. The highest BCUT2D eigenvalue weighted by Crippen LogP contribution is 2.20. The predicted octanol–water partition coefficient (Wildman–Crippen LogP) is 0.965. The second-order valence-corrected chi connectivity index (χ2v) is 6.35. The summed E-state index contributed by atoms with van der Waals surface area (Å²) in [4.78, 5) is 24.0. The van der Waals surface area contributed by atoms with Gasteiger partial charge in [-0.1, -0.05) is 0 Å². The van der Waals surface area contributed by atoms with Gasteiger partial charge in [0, 0.05) is 24.3 Å². The minimum atomic E-state index is -0.275. The number of nitrogens with zero attached hydrogens (tertiary/aromatic N) is 5. The van der Waals surface area contributed by atoms with Crippen LogP contribution in [0.3, 0.4) is 0 Å². The third-order valence-corrected chi connectivity index (χ3v) is 4.57. The zero-order chi connectivity index (χ0) is 15.8. The molecule has 0 bridgehead atoms. The molecule has 0 radical (unpaired) electrons. The molecule has 1 amide bonds. The third kappa shape index (κ3) is 2.84. The summed E-state index contributed by atoms with van der Waals surface area (Å²) in [5.41, 5.74) is 0.790. The zero-order valence-corrected chi connectivity index (χ0v) is 13.4. The van der Waals surface area contributed by atoms with Crippen LogP contribution in [0.1, 0.15) is 23.4 Å². The number of imidazole rings is 1. The number of aryl methyl sites for hydroxylation is 1. The second-order valence-electron chi connectivity index (χ2n) is 5.48. The number of carbonyl (C=O) groups excluding carboxylic acids is 1. The summed E-state index contributed by atoms with van der Waals surface area (Å²) in [6, 6.07) is 0. The fourth-order valence-electron chi connectivity index (χ4n) is 2.66. The predicted molar refractivity (Wildman–Crippen MR) is 83.2 cm³/mol. The molecular formula is C14H16N6O2S. The third-order valence-electron chi connectivity index (χ3n) is 3.80. The Labute approximate surface area is 136 Å². The van der Waals surface area contributed by atoms with Crippen LogP contribution in [0.2, 0.25) is 0 Å². The minimum absolute atomic E-state index is 0.0521. The molecule has 3 aromatic heterocycles. The Morgan fingerprint density at radius 1 is 1.52 bits per heavy atom. The Morgan fingerprint density at radius 2 is 2.43 bits per heavy atom. The van der Waals surface area contributed by atoms with Gasteiger partial charge in [0.1, 0.15) is 11.9 Å². The normalized spacial score (nSPS) is 18.7. The van der Waals surface area contributed by atoms with Gasteiger partial charge in [-0.05, 0) is 6.92 Å². The monoisotopic (exact) mass is 332 g/mol. The molecular weight excluding hydrogens is 316 g/mol. The van der Waals surface area contributed by atoms with E-state index in [4.69, 9.17) is 4.74 Å². The first kappa shape index (κ1) is 14.3. The second kappa shape index (κ2) is 5.74. The van der Waals surface area contributed by atoms with E-state index in [0.717, 1.165) is 16.5 Å². The molecule has 0 aromatic carbocycles. The number of thiazole rings is 1. The Hall–Kier alpha value is -2.26. The molecule has 0 spiro atoms. The molecule has 4 rings (SSSR count). The van der Waals surface area contributed by atoms with Gasteiger partial charge in [-0.25, -0.2) is 9.97 Å². The molecule has 0 aliphatic carbocycles. The number of aromatic amines is 1. The summed E-state index contributed by atoms with van der Waals surface area (Å²) in [7, 11) is 0. The fourth-order valence-corrected chi connectivity index (χ4v) is 3.38. The van der Waals surface area contributed by atoms with Crippen LogP contribution in [0, 0.1) is 6.92 Å². The van der Waals surface area contributed by atoms with Crippen LogP contribution in [0.5, 0.6) is 0 Å². The van der Waals surface area contributed by atoms with Gasteiger partial charge in [0.05, 0.1) is 25.3 Å². The Kier molecular flexibility index (Phi) is 3.58. The number of carbonyl (C=O) groups is 1. The average molecular weight is 332 g/mol. The maximum atomic E-state index is 12.5. The maximum absolute atomic E-state index is 12.5. The number of fused-ring (bicyclic) bond motifs is 1. The number of nitrogens with one attached hydrogen (secondary N) is 1. The Morgan fingerprint density at radius 3 is 3.22 bits per heavy atom. The first-order valence-electron chi connectivity index (χ1n) is 7.38. The van der Waals surface area contributed by atoms with Crippen molar-refractivity contribution in [2.24, 2.45) is 0 Å². The maximum Gasteiger partial charge on any atom is 0.228 e. The number of hydrogen-bond donors (Lipinski definition) is 1. The molecule has 9 heteroatoms. The molecule has 3 aromatic rings. The summed E-state index contributed by atoms with van der Waals surface area (Å²) in [6.07, 6.45) is 3.87. The van der Waals surface area contributed by atoms with Crippen LogP contribution in [0.4, 0.5) is 0 Å². The highest BCUT2D eigenvalue weighted by atomic mass is 32.1. The van der Waals surface area contributed by atoms with Gasteiger partial charge in [-0.15, -0.1) is 11.3 Å². The van der Waals surface area contributed by atoms with E-state index in [2.05, 4.69) is 20.2 Å². The lowest BCUT2D eigenvalue weighted by Crippen LogP contribution is -2.43. The van der Waals surface area contributed by atoms with Crippen LogP contribution in [0.15, 0.2) is 17.8 Å². The molecule has 23 heavy (non-hydrogen) atoms. The molecule has 8 nitrogen and oxygen atoms in total. The lowest BCUT2D eigenvalue weighted by Gasteiger charge is -2.31. The number of rotatable bonds is 3. The molecule has 4 heterocycles. The number of H-pyrrole nitrogens is 1. The summed E-state index contributed by atoms with van der Waals surface area (Å²) < 4.78 is 7.62. The van der Waals surface area contributed by atoms with Crippen molar-refractivity contribution in [2.45, 2.75) is 19.4 Å². The van der Waals surface area contributed by atoms with Crippen molar-refractivity contribution < 1.29 is 9.53 Å². The van der Waals surface area contributed by atoms with Gasteiger partial charge in [-0.3, -0.25) is 14.3 Å². The van der Waals surface area contributed by atoms with Crippen molar-refractivity contribution in [1.29, 1.82) is 0 Å². The Bertz CT molecular complexity index is 809. The highest BCUT2D eigenvalue weighted by Gasteiger charge is 2.28. The molecule has 1 N–H and O–H groups in total. The van der Waals surface area contributed by atoms with Crippen molar-refractivity contribution in [2.75, 3.05) is 19.7 Å². The lowest BCUT2D eigenvalue weighted by molar-refractivity contribution is -0.138. The number of ether oxygens (including phenoxy) is 1. The molecule has 1 saturated heterocycles. The number of hydrogen-bond acceptors (Lipinski definition) is 6. The SMILES string of the molecule is Cc1nc([C@@H]2CN(C(=O)Cc3cn4ccsc4n3)CCO2)n[nH]1. The summed E-state index contributed by atoms with van der Waals surface area (Å²) in [6.45, 7) is 3.38. The van der Waals surface area contributed by atoms with E-state index >= 15 is 0 Å².